The molecule has 1 aromatic heterocycles. The minimum Gasteiger partial charge on any atom is -0.332 e. The van der Waals surface area contributed by atoms with Crippen molar-refractivity contribution in [3.05, 3.63) is 23.2 Å². The van der Waals surface area contributed by atoms with Crippen molar-refractivity contribution in [2.75, 3.05) is 19.6 Å². The Kier molecular flexibility index (Phi) is 3.89. The van der Waals surface area contributed by atoms with E-state index < -0.39 is 0 Å². The molecule has 0 aliphatic carbocycles. The van der Waals surface area contributed by atoms with Crippen LogP contribution in [0.15, 0.2) is 12.4 Å². The number of aromatic nitrogens is 2. The summed E-state index contributed by atoms with van der Waals surface area (Å²) in [4.78, 5) is 25.1. The maximum atomic E-state index is 12.6. The molecule has 0 aromatic carbocycles. The molecular weight excluding hydrogens is 276 g/mol. The SMILES string of the molecule is CC1CN2CCCCC2CN1C(=O)c1cncc(Cl)n1. The number of hydrogen-bond acceptors (Lipinski definition) is 4. The fourth-order valence-corrected chi connectivity index (χ4v) is 3.37. The highest BCUT2D eigenvalue weighted by Crippen LogP contribution is 2.25. The average molecular weight is 295 g/mol. The molecule has 0 N–H and O–H groups in total. The number of halogens is 1. The van der Waals surface area contributed by atoms with Crippen molar-refractivity contribution in [1.82, 2.24) is 19.8 Å². The standard InChI is InChI=1S/C14H19ClN4O/c1-10-8-18-5-3-2-4-11(18)9-19(10)14(20)12-6-16-7-13(15)17-12/h6-7,10-11H,2-5,8-9H2,1H3. The van der Waals surface area contributed by atoms with Crippen molar-refractivity contribution in [3.63, 3.8) is 0 Å². The van der Waals surface area contributed by atoms with Gasteiger partial charge in [-0.25, -0.2) is 4.98 Å². The summed E-state index contributed by atoms with van der Waals surface area (Å²) in [6.07, 6.45) is 6.65. The maximum Gasteiger partial charge on any atom is 0.274 e. The van der Waals surface area contributed by atoms with Gasteiger partial charge in [0.15, 0.2) is 0 Å². The van der Waals surface area contributed by atoms with Gasteiger partial charge < -0.3 is 4.90 Å². The monoisotopic (exact) mass is 294 g/mol. The van der Waals surface area contributed by atoms with E-state index in [2.05, 4.69) is 21.8 Å². The van der Waals surface area contributed by atoms with E-state index >= 15 is 0 Å². The molecule has 2 aliphatic heterocycles. The maximum absolute atomic E-state index is 12.6. The van der Waals surface area contributed by atoms with E-state index in [1.165, 1.54) is 31.7 Å². The number of amides is 1. The molecule has 0 bridgehead atoms. The van der Waals surface area contributed by atoms with Crippen LogP contribution in [0, 0.1) is 0 Å². The molecule has 2 unspecified atom stereocenters. The van der Waals surface area contributed by atoms with E-state index in [0.717, 1.165) is 19.6 Å². The second-order valence-electron chi connectivity index (χ2n) is 5.68. The number of fused-ring (bicyclic) bond motifs is 1. The number of carbonyl (C=O) groups excluding carboxylic acids is 1. The number of piperazine rings is 1. The predicted molar refractivity (Wildman–Crippen MR) is 76.8 cm³/mol. The van der Waals surface area contributed by atoms with Gasteiger partial charge in [0.1, 0.15) is 10.8 Å². The molecule has 1 aromatic rings. The van der Waals surface area contributed by atoms with E-state index in [1.54, 1.807) is 0 Å². The van der Waals surface area contributed by atoms with Crippen LogP contribution in [-0.2, 0) is 0 Å². The molecule has 6 heteroatoms. The van der Waals surface area contributed by atoms with E-state index in [-0.39, 0.29) is 17.1 Å². The van der Waals surface area contributed by atoms with E-state index in [1.807, 2.05) is 4.90 Å². The molecule has 3 heterocycles. The Morgan fingerprint density at radius 2 is 2.20 bits per heavy atom. The first kappa shape index (κ1) is 13.8. The molecule has 108 valence electrons. The lowest BCUT2D eigenvalue weighted by Crippen LogP contribution is -2.60. The van der Waals surface area contributed by atoms with Crippen LogP contribution in [0.5, 0.6) is 0 Å². The van der Waals surface area contributed by atoms with Gasteiger partial charge in [0, 0.05) is 25.2 Å². The number of piperidine rings is 1. The Balaban J connectivity index is 1.77. The molecule has 2 aliphatic rings. The summed E-state index contributed by atoms with van der Waals surface area (Å²) in [5, 5.41) is 0.264. The highest BCUT2D eigenvalue weighted by Gasteiger charge is 2.35. The molecule has 5 nitrogen and oxygen atoms in total. The van der Waals surface area contributed by atoms with Crippen LogP contribution in [0.4, 0.5) is 0 Å². The highest BCUT2D eigenvalue weighted by molar-refractivity contribution is 6.29. The summed E-state index contributed by atoms with van der Waals surface area (Å²) in [6.45, 7) is 4.99. The van der Waals surface area contributed by atoms with E-state index in [9.17, 15) is 4.79 Å². The summed E-state index contributed by atoms with van der Waals surface area (Å²) >= 11 is 5.82. The van der Waals surface area contributed by atoms with Crippen molar-refractivity contribution in [2.45, 2.75) is 38.3 Å². The summed E-state index contributed by atoms with van der Waals surface area (Å²) in [5.74, 6) is -0.0577. The van der Waals surface area contributed by atoms with Crippen LogP contribution in [-0.4, -0.2) is 57.4 Å². The van der Waals surface area contributed by atoms with Gasteiger partial charge in [-0.3, -0.25) is 14.7 Å². The fraction of sp³-hybridized carbons (Fsp3) is 0.643. The first-order valence-corrected chi connectivity index (χ1v) is 7.55. The topological polar surface area (TPSA) is 49.3 Å². The van der Waals surface area contributed by atoms with Gasteiger partial charge in [0.25, 0.3) is 5.91 Å². The lowest BCUT2D eigenvalue weighted by Gasteiger charge is -2.47. The molecule has 2 atom stereocenters. The third-order valence-corrected chi connectivity index (χ3v) is 4.45. The quantitative estimate of drug-likeness (QED) is 0.793. The van der Waals surface area contributed by atoms with Crippen LogP contribution >= 0.6 is 11.6 Å². The number of carbonyl (C=O) groups is 1. The summed E-state index contributed by atoms with van der Waals surface area (Å²) < 4.78 is 0. The molecule has 1 amide bonds. The molecular formula is C14H19ClN4O. The normalized spacial score (nSPS) is 27.2. The number of rotatable bonds is 1. The van der Waals surface area contributed by atoms with Crippen molar-refractivity contribution >= 4 is 17.5 Å². The lowest BCUT2D eigenvalue weighted by molar-refractivity contribution is 0.0148. The second kappa shape index (κ2) is 5.66. The van der Waals surface area contributed by atoms with Crippen LogP contribution in [0.2, 0.25) is 5.15 Å². The largest absolute Gasteiger partial charge is 0.332 e. The minimum absolute atomic E-state index is 0.0577. The Bertz CT molecular complexity index is 510. The van der Waals surface area contributed by atoms with Crippen molar-refractivity contribution in [1.29, 1.82) is 0 Å². The Labute approximate surface area is 123 Å². The zero-order valence-corrected chi connectivity index (χ0v) is 12.4. The van der Waals surface area contributed by atoms with Gasteiger partial charge in [-0.2, -0.15) is 0 Å². The van der Waals surface area contributed by atoms with Gasteiger partial charge >= 0.3 is 0 Å². The van der Waals surface area contributed by atoms with Crippen LogP contribution in [0.25, 0.3) is 0 Å². The number of hydrogen-bond donors (Lipinski definition) is 0. The van der Waals surface area contributed by atoms with Crippen molar-refractivity contribution in [3.8, 4) is 0 Å². The molecule has 3 rings (SSSR count). The van der Waals surface area contributed by atoms with Gasteiger partial charge in [0.05, 0.1) is 12.4 Å². The average Bonchev–Trinajstić information content (AvgIpc) is 2.46. The summed E-state index contributed by atoms with van der Waals surface area (Å²) in [6, 6.07) is 0.702. The van der Waals surface area contributed by atoms with Crippen molar-refractivity contribution < 1.29 is 4.79 Å². The molecule has 2 fully saturated rings. The zero-order valence-electron chi connectivity index (χ0n) is 11.6. The third-order valence-electron chi connectivity index (χ3n) is 4.27. The number of nitrogens with zero attached hydrogens (tertiary/aromatic N) is 4. The highest BCUT2D eigenvalue weighted by atomic mass is 35.5. The van der Waals surface area contributed by atoms with Crippen molar-refractivity contribution in [2.24, 2.45) is 0 Å². The third kappa shape index (κ3) is 2.65. The Hall–Kier alpha value is -1.20. The molecule has 2 saturated heterocycles. The molecule has 0 saturated carbocycles. The van der Waals surface area contributed by atoms with Gasteiger partial charge in [-0.1, -0.05) is 18.0 Å². The molecule has 0 spiro atoms. The molecule has 20 heavy (non-hydrogen) atoms. The van der Waals surface area contributed by atoms with Crippen LogP contribution < -0.4 is 0 Å². The lowest BCUT2D eigenvalue weighted by atomic mass is 9.97. The van der Waals surface area contributed by atoms with E-state index in [0.29, 0.717) is 11.7 Å². The minimum atomic E-state index is -0.0577. The predicted octanol–water partition coefficient (Wildman–Crippen LogP) is 1.83. The summed E-state index contributed by atoms with van der Waals surface area (Å²) in [5.41, 5.74) is 0.341. The molecule has 0 radical (unpaired) electrons. The van der Waals surface area contributed by atoms with E-state index in [4.69, 9.17) is 11.6 Å². The zero-order chi connectivity index (χ0) is 14.1. The Morgan fingerprint density at radius 1 is 1.35 bits per heavy atom. The van der Waals surface area contributed by atoms with Crippen LogP contribution in [0.3, 0.4) is 0 Å². The van der Waals surface area contributed by atoms with Gasteiger partial charge in [-0.15, -0.1) is 0 Å². The van der Waals surface area contributed by atoms with Gasteiger partial charge in [-0.05, 0) is 26.3 Å². The van der Waals surface area contributed by atoms with Gasteiger partial charge in [0.2, 0.25) is 0 Å². The second-order valence-corrected chi connectivity index (χ2v) is 6.07. The smallest absolute Gasteiger partial charge is 0.274 e. The Morgan fingerprint density at radius 3 is 3.00 bits per heavy atom. The first-order chi connectivity index (χ1) is 9.65. The summed E-state index contributed by atoms with van der Waals surface area (Å²) in [7, 11) is 0. The first-order valence-electron chi connectivity index (χ1n) is 7.17. The van der Waals surface area contributed by atoms with Crippen LogP contribution in [0.1, 0.15) is 36.7 Å². The fourth-order valence-electron chi connectivity index (χ4n) is 3.23.